The molecule has 1 rings (SSSR count). The average Bonchev–Trinajstić information content (AvgIpc) is 2.05. The molecule has 58 valence electrons. The molecule has 0 fully saturated rings. The fourth-order valence-corrected chi connectivity index (χ4v) is 0.691. The van der Waals surface area contributed by atoms with Crippen molar-refractivity contribution in [2.45, 2.75) is 0 Å². The van der Waals surface area contributed by atoms with E-state index in [0.717, 1.165) is 5.56 Å². The Balaban J connectivity index is 0. The van der Waals surface area contributed by atoms with Gasteiger partial charge in [0.05, 0.1) is 0 Å². The normalized spacial score (nSPS) is 8.33. The van der Waals surface area contributed by atoms with Gasteiger partial charge in [-0.15, -0.1) is 0 Å². The summed E-state index contributed by atoms with van der Waals surface area (Å²) in [6.07, 6.45) is 3.02. The number of aromatic nitrogens is 1. The summed E-state index contributed by atoms with van der Waals surface area (Å²) in [7, 11) is 0. The van der Waals surface area contributed by atoms with Crippen LogP contribution in [0.4, 0.5) is 0 Å². The van der Waals surface area contributed by atoms with Crippen LogP contribution >= 0.6 is 0 Å². The van der Waals surface area contributed by atoms with Gasteiger partial charge in [-0.3, -0.25) is 0 Å². The molecule has 0 amide bonds. The molecule has 1 aromatic rings. The number of hydrogen-bond acceptors (Lipinski definition) is 2. The number of pyridine rings is 1. The average molecular weight is 157 g/mol. The van der Waals surface area contributed by atoms with Crippen molar-refractivity contribution in [2.24, 2.45) is 0 Å². The van der Waals surface area contributed by atoms with Gasteiger partial charge in [0.15, 0.2) is 0 Å². The van der Waals surface area contributed by atoms with Crippen molar-refractivity contribution in [1.29, 1.82) is 0 Å². The van der Waals surface area contributed by atoms with Crippen molar-refractivity contribution in [3.05, 3.63) is 36.2 Å². The predicted octanol–water partition coefficient (Wildman–Crippen LogP) is -1.46. The predicted molar refractivity (Wildman–Crippen MR) is 42.4 cm³/mol. The van der Waals surface area contributed by atoms with Crippen LogP contribution in [0.5, 0.6) is 0 Å². The van der Waals surface area contributed by atoms with E-state index in [4.69, 9.17) is 5.11 Å². The summed E-state index contributed by atoms with van der Waals surface area (Å²) >= 11 is 0. The summed E-state index contributed by atoms with van der Waals surface area (Å²) in [5.41, 5.74) is 0.805. The van der Waals surface area contributed by atoms with Crippen molar-refractivity contribution in [2.75, 3.05) is 0 Å². The van der Waals surface area contributed by atoms with Crippen molar-refractivity contribution in [3.63, 3.8) is 0 Å². The minimum atomic E-state index is -1.02. The summed E-state index contributed by atoms with van der Waals surface area (Å²) in [6, 6.07) is 3.16. The topological polar surface area (TPSA) is 50.2 Å². The Morgan fingerprint density at radius 2 is 2.42 bits per heavy atom. The Kier molecular flexibility index (Phi) is 4.35. The molecule has 0 aliphatic heterocycles. The van der Waals surface area contributed by atoms with E-state index in [0.29, 0.717) is 0 Å². The summed E-state index contributed by atoms with van der Waals surface area (Å²) in [4.78, 5) is 14.0. The van der Waals surface area contributed by atoms with Gasteiger partial charge in [0.2, 0.25) is 0 Å². The van der Waals surface area contributed by atoms with Crippen LogP contribution in [0, 0.1) is 0 Å². The summed E-state index contributed by atoms with van der Waals surface area (Å²) in [5.74, 6) is -1.02. The Hall–Kier alpha value is -1.04. The molecule has 12 heavy (non-hydrogen) atoms. The number of carboxylic acid groups (broad SMARTS) is 1. The monoisotopic (exact) mass is 157 g/mol. The largest absolute Gasteiger partial charge is 1.00 e. The van der Waals surface area contributed by atoms with Gasteiger partial charge in [0.25, 0.3) is 0 Å². The molecule has 4 heteroatoms. The molecule has 0 aliphatic carbocycles. The van der Waals surface area contributed by atoms with Gasteiger partial charge < -0.3 is 6.53 Å². The zero-order valence-electron chi connectivity index (χ0n) is 7.82. The number of nitrogens with zero attached hydrogens (tertiary/aromatic N) is 1. The van der Waals surface area contributed by atoms with Gasteiger partial charge in [0.1, 0.15) is 5.69 Å². The molecule has 0 atom stereocenters. The SMILES string of the molecule is C=Cc1ccnc(C(=O)O)c1.[H-].[Li+]. The van der Waals surface area contributed by atoms with Crippen LogP contribution in [-0.2, 0) is 0 Å². The second kappa shape index (κ2) is 4.76. The fourth-order valence-electron chi connectivity index (χ4n) is 0.691. The first-order valence-corrected chi connectivity index (χ1v) is 3.06. The van der Waals surface area contributed by atoms with Gasteiger partial charge in [0, 0.05) is 6.20 Å². The Bertz CT molecular complexity index is 304. The second-order valence-electron chi connectivity index (χ2n) is 1.98. The molecule has 0 saturated carbocycles. The summed E-state index contributed by atoms with van der Waals surface area (Å²) < 4.78 is 0. The molecule has 0 spiro atoms. The van der Waals surface area contributed by atoms with Gasteiger partial charge in [-0.25, -0.2) is 9.78 Å². The Morgan fingerprint density at radius 3 is 2.92 bits per heavy atom. The molecule has 0 radical (unpaired) electrons. The molecule has 0 bridgehead atoms. The third kappa shape index (κ3) is 2.54. The molecule has 0 aromatic carbocycles. The van der Waals surface area contributed by atoms with Crippen molar-refractivity contribution < 1.29 is 30.2 Å². The molecule has 0 saturated heterocycles. The molecule has 3 nitrogen and oxygen atoms in total. The van der Waals surface area contributed by atoms with E-state index in [1.807, 2.05) is 0 Å². The van der Waals surface area contributed by atoms with E-state index >= 15 is 0 Å². The number of carboxylic acids is 1. The molecule has 1 N–H and O–H groups in total. The summed E-state index contributed by atoms with van der Waals surface area (Å²) in [5, 5.41) is 8.51. The smallest absolute Gasteiger partial charge is 1.00 e. The second-order valence-corrected chi connectivity index (χ2v) is 1.98. The fraction of sp³-hybridized carbons (Fsp3) is 0. The standard InChI is InChI=1S/C8H7NO2.Li.H/c1-2-6-3-4-9-7(5-6)8(10)11;;/h2-5H,1H2,(H,10,11);;/q;+1;-1. The van der Waals surface area contributed by atoms with Crippen LogP contribution in [0.3, 0.4) is 0 Å². The van der Waals surface area contributed by atoms with Gasteiger partial charge in [-0.05, 0) is 17.7 Å². The van der Waals surface area contributed by atoms with Crippen LogP contribution in [-0.4, -0.2) is 16.1 Å². The zero-order valence-corrected chi connectivity index (χ0v) is 6.82. The quantitative estimate of drug-likeness (QED) is 0.534. The summed E-state index contributed by atoms with van der Waals surface area (Å²) in [6.45, 7) is 3.51. The van der Waals surface area contributed by atoms with Crippen molar-refractivity contribution in [3.8, 4) is 0 Å². The zero-order chi connectivity index (χ0) is 8.27. The minimum absolute atomic E-state index is 0. The van der Waals surface area contributed by atoms with Crippen LogP contribution in [0.15, 0.2) is 24.9 Å². The van der Waals surface area contributed by atoms with E-state index in [2.05, 4.69) is 11.6 Å². The molecule has 0 unspecified atom stereocenters. The third-order valence-corrected chi connectivity index (χ3v) is 1.24. The van der Waals surface area contributed by atoms with Crippen LogP contribution in [0.1, 0.15) is 17.5 Å². The first-order chi connectivity index (χ1) is 5.24. The Morgan fingerprint density at radius 1 is 1.75 bits per heavy atom. The maximum absolute atomic E-state index is 10.4. The first-order valence-electron chi connectivity index (χ1n) is 3.06. The van der Waals surface area contributed by atoms with Gasteiger partial charge in [-0.1, -0.05) is 12.7 Å². The van der Waals surface area contributed by atoms with Crippen LogP contribution in [0.25, 0.3) is 6.08 Å². The Labute approximate surface area is 83.8 Å². The maximum Gasteiger partial charge on any atom is 1.00 e. The van der Waals surface area contributed by atoms with Crippen molar-refractivity contribution >= 4 is 12.0 Å². The maximum atomic E-state index is 10.4. The molecule has 0 aliphatic rings. The number of carbonyl (C=O) groups is 1. The number of hydrogen-bond donors (Lipinski definition) is 1. The molecular formula is C8H8LiNO2. The molecule has 1 aromatic heterocycles. The van der Waals surface area contributed by atoms with Crippen LogP contribution < -0.4 is 18.9 Å². The van der Waals surface area contributed by atoms with E-state index in [1.165, 1.54) is 12.3 Å². The third-order valence-electron chi connectivity index (χ3n) is 1.24. The molecule has 1 heterocycles. The number of rotatable bonds is 2. The first kappa shape index (κ1) is 11.0. The van der Waals surface area contributed by atoms with E-state index < -0.39 is 5.97 Å². The van der Waals surface area contributed by atoms with Crippen LogP contribution in [0.2, 0.25) is 0 Å². The van der Waals surface area contributed by atoms with Gasteiger partial charge >= 0.3 is 24.8 Å². The minimum Gasteiger partial charge on any atom is -1.00 e. The van der Waals surface area contributed by atoms with Gasteiger partial charge in [-0.2, -0.15) is 0 Å². The van der Waals surface area contributed by atoms with E-state index in [1.54, 1.807) is 12.1 Å². The van der Waals surface area contributed by atoms with Crippen molar-refractivity contribution in [1.82, 2.24) is 4.98 Å². The van der Waals surface area contributed by atoms with E-state index in [9.17, 15) is 4.79 Å². The molecular weight excluding hydrogens is 149 g/mol. The van der Waals surface area contributed by atoms with E-state index in [-0.39, 0.29) is 26.0 Å². The number of aromatic carboxylic acids is 1.